The Kier molecular flexibility index (Phi) is 5.11. The molecule has 1 aromatic carbocycles. The summed E-state index contributed by atoms with van der Waals surface area (Å²) in [6.45, 7) is 2.12. The quantitative estimate of drug-likeness (QED) is 0.833. The van der Waals surface area contributed by atoms with Gasteiger partial charge in [0, 0.05) is 32.1 Å². The zero-order chi connectivity index (χ0) is 18.7. The summed E-state index contributed by atoms with van der Waals surface area (Å²) < 4.78 is 41.0. The van der Waals surface area contributed by atoms with Gasteiger partial charge >= 0.3 is 12.4 Å². The summed E-state index contributed by atoms with van der Waals surface area (Å²) in [5.41, 5.74) is 0.721. The van der Waals surface area contributed by atoms with Crippen LogP contribution >= 0.6 is 0 Å². The van der Waals surface area contributed by atoms with Crippen LogP contribution in [0.1, 0.15) is 24.3 Å². The number of amides is 2. The molecule has 0 bridgehead atoms. The average molecular weight is 368 g/mol. The number of urea groups is 1. The number of nitrogens with one attached hydrogen (secondary N) is 1. The van der Waals surface area contributed by atoms with E-state index < -0.39 is 6.36 Å². The normalized spacial score (nSPS) is 23.0. The van der Waals surface area contributed by atoms with Crippen LogP contribution in [0.2, 0.25) is 0 Å². The lowest BCUT2D eigenvalue weighted by atomic mass is 9.98. The molecule has 0 aliphatic carbocycles. The Bertz CT molecular complexity index is 704. The van der Waals surface area contributed by atoms with Crippen LogP contribution in [0.5, 0.6) is 5.75 Å². The zero-order valence-corrected chi connectivity index (χ0v) is 14.0. The fourth-order valence-electron chi connectivity index (χ4n) is 3.42. The van der Waals surface area contributed by atoms with Crippen LogP contribution in [0, 0.1) is 11.5 Å². The van der Waals surface area contributed by atoms with Crippen molar-refractivity contribution in [1.29, 1.82) is 5.26 Å². The van der Waals surface area contributed by atoms with E-state index in [0.717, 1.165) is 12.0 Å². The second-order valence-corrected chi connectivity index (χ2v) is 6.53. The first-order valence-electron chi connectivity index (χ1n) is 8.40. The Balaban J connectivity index is 1.56. The van der Waals surface area contributed by atoms with E-state index in [4.69, 9.17) is 5.26 Å². The lowest BCUT2D eigenvalue weighted by Crippen LogP contribution is -2.44. The summed E-state index contributed by atoms with van der Waals surface area (Å²) in [6.07, 6.45) is -1.25. The third-order valence-corrected chi connectivity index (χ3v) is 4.70. The number of carbonyl (C=O) groups excluding carboxylic acids is 1. The Morgan fingerprint density at radius 1 is 1.27 bits per heavy atom. The molecule has 2 amide bonds. The van der Waals surface area contributed by atoms with E-state index in [1.807, 2.05) is 0 Å². The molecule has 140 valence electrons. The highest BCUT2D eigenvalue weighted by molar-refractivity contribution is 5.75. The maximum Gasteiger partial charge on any atom is 0.573 e. The molecule has 2 aliphatic rings. The molecular weight excluding hydrogens is 349 g/mol. The van der Waals surface area contributed by atoms with Gasteiger partial charge in [0.15, 0.2) is 6.19 Å². The molecule has 2 unspecified atom stereocenters. The third-order valence-electron chi connectivity index (χ3n) is 4.70. The Morgan fingerprint density at radius 2 is 2.08 bits per heavy atom. The van der Waals surface area contributed by atoms with E-state index in [0.29, 0.717) is 32.6 Å². The van der Waals surface area contributed by atoms with Crippen LogP contribution in [0.4, 0.5) is 18.0 Å². The van der Waals surface area contributed by atoms with Crippen molar-refractivity contribution in [3.05, 3.63) is 29.8 Å². The van der Waals surface area contributed by atoms with E-state index in [1.165, 1.54) is 18.2 Å². The van der Waals surface area contributed by atoms with Crippen molar-refractivity contribution in [2.45, 2.75) is 31.2 Å². The molecule has 2 saturated heterocycles. The van der Waals surface area contributed by atoms with E-state index in [-0.39, 0.29) is 23.7 Å². The maximum atomic E-state index is 12.4. The van der Waals surface area contributed by atoms with Gasteiger partial charge in [-0.3, -0.25) is 0 Å². The van der Waals surface area contributed by atoms with Crippen molar-refractivity contribution in [1.82, 2.24) is 15.1 Å². The number of carbonyl (C=O) groups is 1. The summed E-state index contributed by atoms with van der Waals surface area (Å²) in [4.78, 5) is 15.6. The molecule has 0 saturated carbocycles. The summed E-state index contributed by atoms with van der Waals surface area (Å²) in [7, 11) is 0. The number of benzene rings is 1. The number of alkyl halides is 3. The summed E-state index contributed by atoms with van der Waals surface area (Å²) in [5.74, 6) is -0.280. The number of ether oxygens (including phenoxy) is 1. The van der Waals surface area contributed by atoms with Crippen molar-refractivity contribution in [2.75, 3.05) is 26.2 Å². The molecule has 1 aromatic rings. The summed E-state index contributed by atoms with van der Waals surface area (Å²) in [6, 6.07) is 5.66. The fourth-order valence-corrected chi connectivity index (χ4v) is 3.42. The van der Waals surface area contributed by atoms with E-state index in [9.17, 15) is 18.0 Å². The minimum absolute atomic E-state index is 0.0308. The SMILES string of the molecule is N#CN1CCC(NC(=O)N2CCC(c3cccc(OC(F)(F)F)c3)C2)C1. The van der Waals surface area contributed by atoms with Gasteiger partial charge < -0.3 is 19.9 Å². The van der Waals surface area contributed by atoms with Gasteiger partial charge in [-0.25, -0.2) is 4.79 Å². The molecule has 6 nitrogen and oxygen atoms in total. The lowest BCUT2D eigenvalue weighted by molar-refractivity contribution is -0.274. The van der Waals surface area contributed by atoms with Gasteiger partial charge in [0.2, 0.25) is 0 Å². The van der Waals surface area contributed by atoms with Crippen LogP contribution in [-0.4, -0.2) is 54.4 Å². The topological polar surface area (TPSA) is 68.6 Å². The molecule has 1 N–H and O–H groups in total. The fraction of sp³-hybridized carbons (Fsp3) is 0.529. The van der Waals surface area contributed by atoms with Crippen molar-refractivity contribution in [3.63, 3.8) is 0 Å². The van der Waals surface area contributed by atoms with Crippen LogP contribution in [0.25, 0.3) is 0 Å². The second kappa shape index (κ2) is 7.32. The first-order chi connectivity index (χ1) is 12.3. The molecular formula is C17H19F3N4O2. The molecule has 26 heavy (non-hydrogen) atoms. The van der Waals surface area contributed by atoms with Gasteiger partial charge in [0.25, 0.3) is 0 Å². The molecule has 9 heteroatoms. The van der Waals surface area contributed by atoms with Crippen LogP contribution in [0.3, 0.4) is 0 Å². The molecule has 2 fully saturated rings. The smallest absolute Gasteiger partial charge is 0.406 e. The van der Waals surface area contributed by atoms with Gasteiger partial charge in [0.05, 0.1) is 6.04 Å². The lowest BCUT2D eigenvalue weighted by Gasteiger charge is -2.20. The van der Waals surface area contributed by atoms with E-state index in [1.54, 1.807) is 15.9 Å². The number of halogens is 3. The molecule has 0 aromatic heterocycles. The van der Waals surface area contributed by atoms with Gasteiger partial charge in [-0.1, -0.05) is 12.1 Å². The number of hydrogen-bond donors (Lipinski definition) is 1. The molecule has 0 radical (unpaired) electrons. The molecule has 3 rings (SSSR count). The second-order valence-electron chi connectivity index (χ2n) is 6.53. The van der Waals surface area contributed by atoms with Gasteiger partial charge in [-0.15, -0.1) is 13.2 Å². The predicted octanol–water partition coefficient (Wildman–Crippen LogP) is 2.64. The molecule has 2 heterocycles. The Hall–Kier alpha value is -2.63. The first-order valence-corrected chi connectivity index (χ1v) is 8.40. The summed E-state index contributed by atoms with van der Waals surface area (Å²) >= 11 is 0. The Morgan fingerprint density at radius 3 is 2.77 bits per heavy atom. The van der Waals surface area contributed by atoms with Crippen molar-refractivity contribution in [2.24, 2.45) is 0 Å². The zero-order valence-electron chi connectivity index (χ0n) is 14.0. The number of nitrogens with zero attached hydrogens (tertiary/aromatic N) is 3. The highest BCUT2D eigenvalue weighted by Gasteiger charge is 2.33. The highest BCUT2D eigenvalue weighted by atomic mass is 19.4. The van der Waals surface area contributed by atoms with Crippen molar-refractivity contribution < 1.29 is 22.7 Å². The van der Waals surface area contributed by atoms with E-state index >= 15 is 0 Å². The number of rotatable bonds is 3. The number of likely N-dealkylation sites (tertiary alicyclic amines) is 2. The van der Waals surface area contributed by atoms with E-state index in [2.05, 4.69) is 16.2 Å². The predicted molar refractivity (Wildman–Crippen MR) is 86.2 cm³/mol. The third kappa shape index (κ3) is 4.50. The number of hydrogen-bond acceptors (Lipinski definition) is 4. The van der Waals surface area contributed by atoms with Crippen LogP contribution < -0.4 is 10.1 Å². The van der Waals surface area contributed by atoms with Gasteiger partial charge in [-0.2, -0.15) is 5.26 Å². The van der Waals surface area contributed by atoms with Crippen molar-refractivity contribution in [3.8, 4) is 11.9 Å². The van der Waals surface area contributed by atoms with Crippen molar-refractivity contribution >= 4 is 6.03 Å². The Labute approximate surface area is 149 Å². The van der Waals surface area contributed by atoms with Crippen LogP contribution in [-0.2, 0) is 0 Å². The largest absolute Gasteiger partial charge is 0.573 e. The van der Waals surface area contributed by atoms with Crippen LogP contribution in [0.15, 0.2) is 24.3 Å². The monoisotopic (exact) mass is 368 g/mol. The summed E-state index contributed by atoms with van der Waals surface area (Å²) in [5, 5.41) is 11.8. The number of nitriles is 1. The van der Waals surface area contributed by atoms with Gasteiger partial charge in [-0.05, 0) is 30.5 Å². The van der Waals surface area contributed by atoms with Gasteiger partial charge in [0.1, 0.15) is 5.75 Å². The standard InChI is InChI=1S/C17H19F3N4O2/c18-17(19,20)26-15-3-1-2-12(8-15)13-4-7-24(9-13)16(25)22-14-5-6-23(10-14)11-21/h1-3,8,13-14H,4-7,9-10H2,(H,22,25). The highest BCUT2D eigenvalue weighted by Crippen LogP contribution is 2.31. The minimum Gasteiger partial charge on any atom is -0.406 e. The average Bonchev–Trinajstić information content (AvgIpc) is 3.22. The molecule has 2 atom stereocenters. The molecule has 0 spiro atoms. The first kappa shape index (κ1) is 18.2. The molecule has 2 aliphatic heterocycles. The minimum atomic E-state index is -4.72. The maximum absolute atomic E-state index is 12.4.